The Morgan fingerprint density at radius 1 is 0.962 bits per heavy atom. The van der Waals surface area contributed by atoms with Gasteiger partial charge in [0.1, 0.15) is 4.88 Å². The van der Waals surface area contributed by atoms with Crippen LogP contribution in [0, 0.1) is 6.92 Å². The van der Waals surface area contributed by atoms with Crippen molar-refractivity contribution in [2.24, 2.45) is 0 Å². The third-order valence-corrected chi connectivity index (χ3v) is 5.20. The van der Waals surface area contributed by atoms with Gasteiger partial charge in [0.15, 0.2) is 0 Å². The van der Waals surface area contributed by atoms with E-state index in [1.54, 1.807) is 6.07 Å². The minimum atomic E-state index is -0.429. The Hall–Kier alpha value is -2.92. The lowest BCUT2D eigenvalue weighted by Gasteiger charge is -2.17. The first kappa shape index (κ1) is 17.9. The Morgan fingerprint density at radius 3 is 2.00 bits per heavy atom. The highest BCUT2D eigenvalue weighted by Crippen LogP contribution is 2.30. The van der Waals surface area contributed by atoms with Gasteiger partial charge in [-0.25, -0.2) is 4.79 Å². The lowest BCUT2D eigenvalue weighted by Crippen LogP contribution is -2.21. The third kappa shape index (κ3) is 3.83. The van der Waals surface area contributed by atoms with Gasteiger partial charge in [-0.15, -0.1) is 11.3 Å². The highest BCUT2D eigenvalue weighted by molar-refractivity contribution is 7.18. The normalized spacial score (nSPS) is 10.6. The SMILES string of the molecule is COC(=O)c1sc(NC(=O)C(c2ccccc2)c2ccccc2)cc1C. The van der Waals surface area contributed by atoms with Crippen molar-refractivity contribution in [3.63, 3.8) is 0 Å². The zero-order valence-corrected chi connectivity index (χ0v) is 15.4. The minimum absolute atomic E-state index is 0.139. The Kier molecular flexibility index (Phi) is 5.49. The molecule has 0 aliphatic heterocycles. The quantitative estimate of drug-likeness (QED) is 0.672. The predicted octanol–water partition coefficient (Wildman–Crippen LogP) is 4.61. The molecule has 0 fully saturated rings. The van der Waals surface area contributed by atoms with E-state index in [0.29, 0.717) is 9.88 Å². The molecule has 3 rings (SSSR count). The van der Waals surface area contributed by atoms with Crippen molar-refractivity contribution >= 4 is 28.2 Å². The van der Waals surface area contributed by atoms with Crippen molar-refractivity contribution in [3.8, 4) is 0 Å². The standard InChI is InChI=1S/C21H19NO3S/c1-14-13-17(26-19(14)21(24)25-2)22-20(23)18(15-9-5-3-6-10-15)16-11-7-4-8-12-16/h3-13,18H,1-2H3,(H,22,23). The summed E-state index contributed by atoms with van der Waals surface area (Å²) in [5.74, 6) is -0.961. The summed E-state index contributed by atoms with van der Waals surface area (Å²) in [5, 5.41) is 3.58. The topological polar surface area (TPSA) is 55.4 Å². The summed E-state index contributed by atoms with van der Waals surface area (Å²) in [6, 6.07) is 21.1. The van der Waals surface area contributed by atoms with Gasteiger partial charge in [0.2, 0.25) is 5.91 Å². The van der Waals surface area contributed by atoms with Crippen molar-refractivity contribution in [1.82, 2.24) is 0 Å². The van der Waals surface area contributed by atoms with Crippen LogP contribution in [0.2, 0.25) is 0 Å². The number of nitrogens with one attached hydrogen (secondary N) is 1. The fraction of sp³-hybridized carbons (Fsp3) is 0.143. The van der Waals surface area contributed by atoms with Crippen LogP contribution >= 0.6 is 11.3 Å². The van der Waals surface area contributed by atoms with Gasteiger partial charge in [0.25, 0.3) is 0 Å². The lowest BCUT2D eigenvalue weighted by molar-refractivity contribution is -0.116. The number of hydrogen-bond donors (Lipinski definition) is 1. The van der Waals surface area contributed by atoms with E-state index < -0.39 is 11.9 Å². The number of carbonyl (C=O) groups excluding carboxylic acids is 2. The predicted molar refractivity (Wildman–Crippen MR) is 104 cm³/mol. The van der Waals surface area contributed by atoms with Crippen molar-refractivity contribution in [2.75, 3.05) is 12.4 Å². The molecule has 0 aliphatic rings. The van der Waals surface area contributed by atoms with E-state index in [4.69, 9.17) is 4.74 Å². The molecule has 2 aromatic carbocycles. The summed E-state index contributed by atoms with van der Waals surface area (Å²) in [5.41, 5.74) is 2.61. The van der Waals surface area contributed by atoms with Crippen LogP contribution in [-0.2, 0) is 9.53 Å². The number of ether oxygens (including phenoxy) is 1. The van der Waals surface area contributed by atoms with Gasteiger partial charge in [-0.3, -0.25) is 4.79 Å². The van der Waals surface area contributed by atoms with Crippen LogP contribution in [0.15, 0.2) is 66.7 Å². The summed E-state index contributed by atoms with van der Waals surface area (Å²) in [6.45, 7) is 1.82. The summed E-state index contributed by atoms with van der Waals surface area (Å²) >= 11 is 1.22. The van der Waals surface area contributed by atoms with Gasteiger partial charge in [-0.1, -0.05) is 60.7 Å². The van der Waals surface area contributed by atoms with Crippen molar-refractivity contribution in [1.29, 1.82) is 0 Å². The summed E-state index contributed by atoms with van der Waals surface area (Å²) in [7, 11) is 1.35. The smallest absolute Gasteiger partial charge is 0.348 e. The van der Waals surface area contributed by atoms with Gasteiger partial charge in [0.05, 0.1) is 18.0 Å². The summed E-state index contributed by atoms with van der Waals surface area (Å²) < 4.78 is 4.78. The number of aryl methyl sites for hydroxylation is 1. The molecule has 132 valence electrons. The van der Waals surface area contributed by atoms with E-state index >= 15 is 0 Å². The van der Waals surface area contributed by atoms with Gasteiger partial charge >= 0.3 is 5.97 Å². The second-order valence-corrected chi connectivity index (χ2v) is 6.91. The molecule has 0 bridgehead atoms. The third-order valence-electron chi connectivity index (χ3n) is 4.06. The maximum Gasteiger partial charge on any atom is 0.348 e. The molecule has 3 aromatic rings. The van der Waals surface area contributed by atoms with Crippen LogP contribution in [0.4, 0.5) is 5.00 Å². The lowest BCUT2D eigenvalue weighted by atomic mass is 9.90. The zero-order valence-electron chi connectivity index (χ0n) is 14.6. The first-order valence-electron chi connectivity index (χ1n) is 8.19. The molecule has 5 heteroatoms. The van der Waals surface area contributed by atoms with Crippen molar-refractivity contribution in [3.05, 3.63) is 88.3 Å². The number of thiophene rings is 1. The number of benzene rings is 2. The molecule has 1 aromatic heterocycles. The number of methoxy groups -OCH3 is 1. The summed E-state index contributed by atoms with van der Waals surface area (Å²) in [6.07, 6.45) is 0. The van der Waals surface area contributed by atoms with E-state index in [-0.39, 0.29) is 5.91 Å². The first-order valence-corrected chi connectivity index (χ1v) is 9.01. The number of anilines is 1. The molecule has 26 heavy (non-hydrogen) atoms. The average Bonchev–Trinajstić information content (AvgIpc) is 3.03. The Labute approximate surface area is 156 Å². The van der Waals surface area contributed by atoms with Crippen LogP contribution in [-0.4, -0.2) is 19.0 Å². The Balaban J connectivity index is 1.91. The van der Waals surface area contributed by atoms with E-state index in [1.165, 1.54) is 18.4 Å². The van der Waals surface area contributed by atoms with Gasteiger partial charge in [0, 0.05) is 0 Å². The maximum atomic E-state index is 13.1. The van der Waals surface area contributed by atoms with E-state index in [9.17, 15) is 9.59 Å². The molecule has 4 nitrogen and oxygen atoms in total. The number of amides is 1. The molecule has 0 saturated carbocycles. The van der Waals surface area contributed by atoms with Crippen LogP contribution in [0.1, 0.15) is 32.3 Å². The van der Waals surface area contributed by atoms with Crippen molar-refractivity contribution in [2.45, 2.75) is 12.8 Å². The molecule has 0 aliphatic carbocycles. The largest absolute Gasteiger partial charge is 0.465 e. The highest BCUT2D eigenvalue weighted by atomic mass is 32.1. The van der Waals surface area contributed by atoms with Gasteiger partial charge < -0.3 is 10.1 Å². The number of carbonyl (C=O) groups is 2. The molecule has 0 saturated heterocycles. The molecule has 1 N–H and O–H groups in total. The molecule has 1 amide bonds. The second kappa shape index (κ2) is 7.97. The first-order chi connectivity index (χ1) is 12.6. The van der Waals surface area contributed by atoms with E-state index in [0.717, 1.165) is 16.7 Å². The molecule has 0 atom stereocenters. The molecule has 0 radical (unpaired) electrons. The Bertz CT molecular complexity index is 864. The average molecular weight is 365 g/mol. The van der Waals surface area contributed by atoms with E-state index in [1.807, 2.05) is 67.6 Å². The van der Waals surface area contributed by atoms with Crippen molar-refractivity contribution < 1.29 is 14.3 Å². The van der Waals surface area contributed by atoms with E-state index in [2.05, 4.69) is 5.32 Å². The molecular formula is C21H19NO3S. The van der Waals surface area contributed by atoms with Gasteiger partial charge in [-0.05, 0) is 29.7 Å². The fourth-order valence-electron chi connectivity index (χ4n) is 2.82. The molecule has 1 heterocycles. The highest BCUT2D eigenvalue weighted by Gasteiger charge is 2.24. The summed E-state index contributed by atoms with van der Waals surface area (Å²) in [4.78, 5) is 25.3. The zero-order chi connectivity index (χ0) is 18.5. The number of esters is 1. The fourth-order valence-corrected chi connectivity index (χ4v) is 3.81. The molecular weight excluding hydrogens is 346 g/mol. The number of rotatable bonds is 5. The van der Waals surface area contributed by atoms with Gasteiger partial charge in [-0.2, -0.15) is 0 Å². The van der Waals surface area contributed by atoms with Crippen LogP contribution in [0.5, 0.6) is 0 Å². The second-order valence-electron chi connectivity index (χ2n) is 5.86. The molecule has 0 unspecified atom stereocenters. The maximum absolute atomic E-state index is 13.1. The van der Waals surface area contributed by atoms with Crippen LogP contribution in [0.25, 0.3) is 0 Å². The van der Waals surface area contributed by atoms with Crippen LogP contribution < -0.4 is 5.32 Å². The Morgan fingerprint density at radius 2 is 1.50 bits per heavy atom. The minimum Gasteiger partial charge on any atom is -0.465 e. The van der Waals surface area contributed by atoms with Crippen LogP contribution in [0.3, 0.4) is 0 Å². The number of hydrogen-bond acceptors (Lipinski definition) is 4. The monoisotopic (exact) mass is 365 g/mol. The molecule has 0 spiro atoms.